The largest absolute Gasteiger partial charge is 0.508 e. The van der Waals surface area contributed by atoms with Crippen LogP contribution in [0.15, 0.2) is 60.4 Å². The van der Waals surface area contributed by atoms with Crippen molar-refractivity contribution in [1.82, 2.24) is 0 Å². The van der Waals surface area contributed by atoms with E-state index >= 15 is 0 Å². The fourth-order valence-electron chi connectivity index (χ4n) is 2.24. The Balaban J connectivity index is 2.05. The summed E-state index contributed by atoms with van der Waals surface area (Å²) in [4.78, 5) is 11.9. The molecule has 0 saturated heterocycles. The number of aromatic hydroxyl groups is 2. The molecule has 2 rings (SSSR count). The van der Waals surface area contributed by atoms with Gasteiger partial charge in [-0.3, -0.25) is 4.79 Å². The van der Waals surface area contributed by atoms with E-state index in [1.54, 1.807) is 30.3 Å². The zero-order valence-electron chi connectivity index (χ0n) is 14.7. The van der Waals surface area contributed by atoms with Gasteiger partial charge in [-0.15, -0.1) is 0 Å². The fraction of sp³-hybridized carbons (Fsp3) is 0.0952. The summed E-state index contributed by atoms with van der Waals surface area (Å²) in [6, 6.07) is 9.27. The van der Waals surface area contributed by atoms with E-state index in [4.69, 9.17) is 9.84 Å². The third-order valence-electron chi connectivity index (χ3n) is 3.65. The van der Waals surface area contributed by atoms with E-state index in [0.29, 0.717) is 22.4 Å². The van der Waals surface area contributed by atoms with Crippen LogP contribution in [0.2, 0.25) is 0 Å². The molecule has 0 radical (unpaired) electrons. The van der Waals surface area contributed by atoms with Crippen molar-refractivity contribution in [1.29, 1.82) is 0 Å². The second kappa shape index (κ2) is 9.26. The number of hydrogen-bond donors (Lipinski definition) is 4. The summed E-state index contributed by atoms with van der Waals surface area (Å²) in [5, 5.41) is 38.0. The first-order valence-electron chi connectivity index (χ1n) is 8.03. The molecule has 140 valence electrons. The second-order valence-corrected chi connectivity index (χ2v) is 5.62. The van der Waals surface area contributed by atoms with Crippen LogP contribution < -0.4 is 4.74 Å². The minimum Gasteiger partial charge on any atom is -0.508 e. The molecule has 27 heavy (non-hydrogen) atoms. The van der Waals surface area contributed by atoms with Gasteiger partial charge in [0, 0.05) is 11.6 Å². The van der Waals surface area contributed by atoms with E-state index in [-0.39, 0.29) is 23.9 Å². The molecule has 0 aliphatic heterocycles. The normalized spacial score (nSPS) is 12.0. The molecule has 0 aliphatic carbocycles. The van der Waals surface area contributed by atoms with Crippen LogP contribution in [0.1, 0.15) is 16.7 Å². The summed E-state index contributed by atoms with van der Waals surface area (Å²) >= 11 is 0. The molecule has 0 amide bonds. The zero-order chi connectivity index (χ0) is 19.8. The Morgan fingerprint density at radius 2 is 1.63 bits per heavy atom. The van der Waals surface area contributed by atoms with Crippen LogP contribution in [0, 0.1) is 0 Å². The number of methoxy groups -OCH3 is 1. The highest BCUT2D eigenvalue weighted by molar-refractivity contribution is 6.02. The van der Waals surface area contributed by atoms with E-state index < -0.39 is 5.78 Å². The molecule has 0 saturated carbocycles. The van der Waals surface area contributed by atoms with Gasteiger partial charge in [-0.05, 0) is 47.5 Å². The van der Waals surface area contributed by atoms with Gasteiger partial charge in [0.15, 0.2) is 17.3 Å². The third-order valence-corrected chi connectivity index (χ3v) is 3.65. The molecular weight excluding hydrogens is 348 g/mol. The molecule has 0 unspecified atom stereocenters. The van der Waals surface area contributed by atoms with Gasteiger partial charge in [-0.1, -0.05) is 24.3 Å². The number of allylic oxidation sites excluding steroid dienone is 3. The van der Waals surface area contributed by atoms with Crippen LogP contribution in [0.25, 0.3) is 12.2 Å². The van der Waals surface area contributed by atoms with Gasteiger partial charge in [0.05, 0.1) is 13.7 Å². The quantitative estimate of drug-likeness (QED) is 0.339. The maximum Gasteiger partial charge on any atom is 0.182 e. The molecule has 0 bridgehead atoms. The minimum absolute atomic E-state index is 0.00207. The SMILES string of the molecule is COc1cc(/C=C/C(=O)C=C(O)/C=C/c2ccc(O)c(CO)c2)ccc1O. The van der Waals surface area contributed by atoms with Gasteiger partial charge >= 0.3 is 0 Å². The maximum absolute atomic E-state index is 11.9. The monoisotopic (exact) mass is 368 g/mol. The number of ketones is 1. The Bertz CT molecular complexity index is 909. The Labute approximate surface area is 156 Å². The second-order valence-electron chi connectivity index (χ2n) is 5.62. The Hall–Kier alpha value is -3.51. The lowest BCUT2D eigenvalue weighted by Gasteiger charge is -2.03. The minimum atomic E-state index is -0.425. The number of phenols is 2. The van der Waals surface area contributed by atoms with E-state index in [1.165, 1.54) is 37.5 Å². The lowest BCUT2D eigenvalue weighted by molar-refractivity contribution is -0.110. The molecule has 0 spiro atoms. The first-order chi connectivity index (χ1) is 12.9. The molecule has 2 aromatic rings. The molecule has 2 aromatic carbocycles. The standard InChI is InChI=1S/C21H20O6/c1-27-21-11-15(5-9-20(21)26)3-7-18(24)12-17(23)6-2-14-4-8-19(25)16(10-14)13-22/h2-12,22-23,25-26H,13H2,1H3/b6-2+,7-3+,17-12?. The average Bonchev–Trinajstić information content (AvgIpc) is 2.66. The summed E-state index contributed by atoms with van der Waals surface area (Å²) in [6.45, 7) is -0.305. The van der Waals surface area contributed by atoms with Gasteiger partial charge in [0.2, 0.25) is 0 Å². The van der Waals surface area contributed by atoms with Crippen molar-refractivity contribution in [3.8, 4) is 17.2 Å². The highest BCUT2D eigenvalue weighted by Gasteiger charge is 2.02. The van der Waals surface area contributed by atoms with Crippen molar-refractivity contribution in [3.63, 3.8) is 0 Å². The number of benzene rings is 2. The number of aliphatic hydroxyl groups is 2. The van der Waals surface area contributed by atoms with Gasteiger partial charge in [0.1, 0.15) is 11.5 Å². The topological polar surface area (TPSA) is 107 Å². The summed E-state index contributed by atoms with van der Waals surface area (Å²) in [5.41, 5.74) is 1.67. The molecule has 4 N–H and O–H groups in total. The maximum atomic E-state index is 11.9. The van der Waals surface area contributed by atoms with Crippen LogP contribution in [0.3, 0.4) is 0 Å². The van der Waals surface area contributed by atoms with Gasteiger partial charge < -0.3 is 25.2 Å². The summed E-state index contributed by atoms with van der Waals surface area (Å²) < 4.78 is 4.99. The van der Waals surface area contributed by atoms with Crippen LogP contribution in [0.4, 0.5) is 0 Å². The predicted octanol–water partition coefficient (Wildman–Crippen LogP) is 3.34. The van der Waals surface area contributed by atoms with Crippen molar-refractivity contribution in [2.24, 2.45) is 0 Å². The number of carbonyl (C=O) groups is 1. The highest BCUT2D eigenvalue weighted by atomic mass is 16.5. The lowest BCUT2D eigenvalue weighted by Crippen LogP contribution is -1.89. The summed E-state index contributed by atoms with van der Waals surface area (Å²) in [7, 11) is 1.43. The molecule has 0 aliphatic rings. The molecular formula is C21H20O6. The predicted molar refractivity (Wildman–Crippen MR) is 102 cm³/mol. The molecule has 0 fully saturated rings. The van der Waals surface area contributed by atoms with E-state index in [2.05, 4.69) is 0 Å². The molecule has 0 atom stereocenters. The Morgan fingerprint density at radius 1 is 1.00 bits per heavy atom. The first-order valence-corrected chi connectivity index (χ1v) is 8.03. The highest BCUT2D eigenvalue weighted by Crippen LogP contribution is 2.26. The Kier molecular flexibility index (Phi) is 6.79. The van der Waals surface area contributed by atoms with E-state index in [9.17, 15) is 20.1 Å². The van der Waals surface area contributed by atoms with Crippen LogP contribution in [0.5, 0.6) is 17.2 Å². The molecule has 0 aromatic heterocycles. The molecule has 6 nitrogen and oxygen atoms in total. The van der Waals surface area contributed by atoms with Crippen molar-refractivity contribution in [3.05, 3.63) is 77.1 Å². The summed E-state index contributed by atoms with van der Waals surface area (Å²) in [5.74, 6) is -0.387. The lowest BCUT2D eigenvalue weighted by atomic mass is 10.1. The van der Waals surface area contributed by atoms with Crippen molar-refractivity contribution in [2.45, 2.75) is 6.61 Å². The van der Waals surface area contributed by atoms with Gasteiger partial charge in [0.25, 0.3) is 0 Å². The number of carbonyl (C=O) groups excluding carboxylic acids is 1. The molecule has 0 heterocycles. The van der Waals surface area contributed by atoms with Gasteiger partial charge in [-0.2, -0.15) is 0 Å². The molecule has 6 heteroatoms. The van der Waals surface area contributed by atoms with E-state index in [1.807, 2.05) is 0 Å². The fourth-order valence-corrected chi connectivity index (χ4v) is 2.24. The first kappa shape index (κ1) is 19.8. The van der Waals surface area contributed by atoms with Crippen LogP contribution in [-0.2, 0) is 11.4 Å². The number of rotatable bonds is 7. The number of aliphatic hydroxyl groups excluding tert-OH is 2. The van der Waals surface area contributed by atoms with Crippen LogP contribution in [-0.4, -0.2) is 33.3 Å². The number of ether oxygens (including phenoxy) is 1. The number of hydrogen-bond acceptors (Lipinski definition) is 6. The summed E-state index contributed by atoms with van der Waals surface area (Å²) in [6.07, 6.45) is 6.75. The van der Waals surface area contributed by atoms with Gasteiger partial charge in [-0.25, -0.2) is 0 Å². The zero-order valence-corrected chi connectivity index (χ0v) is 14.7. The van der Waals surface area contributed by atoms with E-state index in [0.717, 1.165) is 6.08 Å². The van der Waals surface area contributed by atoms with Crippen molar-refractivity contribution in [2.75, 3.05) is 7.11 Å². The van der Waals surface area contributed by atoms with Crippen molar-refractivity contribution >= 4 is 17.9 Å². The number of phenolic OH excluding ortho intramolecular Hbond substituents is 1. The smallest absolute Gasteiger partial charge is 0.182 e. The van der Waals surface area contributed by atoms with Crippen LogP contribution >= 0.6 is 0 Å². The Morgan fingerprint density at radius 3 is 2.30 bits per heavy atom. The van der Waals surface area contributed by atoms with Crippen molar-refractivity contribution < 1.29 is 30.0 Å². The third kappa shape index (κ3) is 5.76. The average molecular weight is 368 g/mol.